The minimum atomic E-state index is 0.163. The number of hydrogen-bond donors (Lipinski definition) is 1. The van der Waals surface area contributed by atoms with Crippen LogP contribution in [0.5, 0.6) is 0 Å². The van der Waals surface area contributed by atoms with Crippen molar-refractivity contribution in [3.05, 3.63) is 17.0 Å². The molecule has 112 valence electrons. The Morgan fingerprint density at radius 1 is 1.20 bits per heavy atom. The summed E-state index contributed by atoms with van der Waals surface area (Å²) in [6, 6.07) is 0.809. The summed E-state index contributed by atoms with van der Waals surface area (Å²) < 4.78 is 1.96. The molecule has 1 aliphatic carbocycles. The number of aryl methyl sites for hydroxylation is 1. The van der Waals surface area contributed by atoms with Crippen molar-refractivity contribution >= 4 is 0 Å². The number of nitrogens with zero attached hydrogens (tertiary/aromatic N) is 3. The molecule has 2 heterocycles. The molecule has 2 aliphatic rings. The maximum Gasteiger partial charge on any atom is 0.0644 e. The van der Waals surface area contributed by atoms with Gasteiger partial charge in [-0.25, -0.2) is 0 Å². The van der Waals surface area contributed by atoms with E-state index < -0.39 is 0 Å². The topological polar surface area (TPSA) is 41.3 Å². The van der Waals surface area contributed by atoms with Crippen molar-refractivity contribution in [3.8, 4) is 0 Å². The summed E-state index contributed by atoms with van der Waals surface area (Å²) in [4.78, 5) is 2.70. The third-order valence-electron chi connectivity index (χ3n) is 5.31. The smallest absolute Gasteiger partial charge is 0.0644 e. The zero-order chi connectivity index (χ0) is 14.1. The maximum absolute atomic E-state index is 9.12. The second kappa shape index (κ2) is 5.86. The molecule has 1 aliphatic heterocycles. The Kier molecular flexibility index (Phi) is 4.13. The van der Waals surface area contributed by atoms with E-state index in [1.54, 1.807) is 0 Å². The van der Waals surface area contributed by atoms with Gasteiger partial charge in [0.1, 0.15) is 0 Å². The first-order valence-corrected chi connectivity index (χ1v) is 8.08. The van der Waals surface area contributed by atoms with Crippen LogP contribution in [0.3, 0.4) is 0 Å². The molecule has 4 heteroatoms. The van der Waals surface area contributed by atoms with Crippen LogP contribution in [0.15, 0.2) is 0 Å². The van der Waals surface area contributed by atoms with Crippen LogP contribution in [0.1, 0.15) is 49.1 Å². The first kappa shape index (κ1) is 14.1. The van der Waals surface area contributed by atoms with E-state index >= 15 is 0 Å². The first-order chi connectivity index (χ1) is 9.70. The molecule has 2 fully saturated rings. The molecule has 20 heavy (non-hydrogen) atoms. The van der Waals surface area contributed by atoms with Gasteiger partial charge in [0.25, 0.3) is 0 Å². The monoisotopic (exact) mass is 277 g/mol. The number of piperidine rings is 1. The van der Waals surface area contributed by atoms with E-state index in [0.29, 0.717) is 6.54 Å². The zero-order valence-electron chi connectivity index (χ0n) is 12.8. The summed E-state index contributed by atoms with van der Waals surface area (Å²) >= 11 is 0. The molecule has 1 aromatic rings. The Balaban J connectivity index is 1.77. The minimum absolute atomic E-state index is 0.163. The molecule has 1 saturated carbocycles. The zero-order valence-corrected chi connectivity index (χ0v) is 12.8. The minimum Gasteiger partial charge on any atom is -0.394 e. The molecule has 0 spiro atoms. The lowest BCUT2D eigenvalue weighted by molar-refractivity contribution is 0.105. The fourth-order valence-electron chi connectivity index (χ4n) is 4.23. The first-order valence-electron chi connectivity index (χ1n) is 8.08. The standard InChI is InChI=1S/C16H27N3O/c1-12-15(13(2)19(17-12)9-10-20)11-18-8-4-6-14-5-3-7-16(14)18/h14,16,20H,3-11H2,1-2H3. The second-order valence-electron chi connectivity index (χ2n) is 6.47. The van der Waals surface area contributed by atoms with Gasteiger partial charge in [0.05, 0.1) is 18.8 Å². The van der Waals surface area contributed by atoms with Crippen LogP contribution in [0.2, 0.25) is 0 Å². The van der Waals surface area contributed by atoms with E-state index in [-0.39, 0.29) is 6.61 Å². The number of rotatable bonds is 4. The predicted molar refractivity (Wildman–Crippen MR) is 79.6 cm³/mol. The van der Waals surface area contributed by atoms with E-state index in [1.165, 1.54) is 49.9 Å². The lowest BCUT2D eigenvalue weighted by atomic mass is 9.91. The van der Waals surface area contributed by atoms with Crippen LogP contribution in [0.4, 0.5) is 0 Å². The molecule has 2 atom stereocenters. The van der Waals surface area contributed by atoms with Crippen molar-refractivity contribution in [2.75, 3.05) is 13.2 Å². The van der Waals surface area contributed by atoms with Gasteiger partial charge in [0.2, 0.25) is 0 Å². The van der Waals surface area contributed by atoms with Crippen molar-refractivity contribution in [3.63, 3.8) is 0 Å². The number of likely N-dealkylation sites (tertiary alicyclic amines) is 1. The van der Waals surface area contributed by atoms with Crippen molar-refractivity contribution in [2.24, 2.45) is 5.92 Å². The van der Waals surface area contributed by atoms with E-state index in [4.69, 9.17) is 5.11 Å². The van der Waals surface area contributed by atoms with Crippen LogP contribution >= 0.6 is 0 Å². The van der Waals surface area contributed by atoms with E-state index in [1.807, 2.05) is 4.68 Å². The number of aliphatic hydroxyl groups excluding tert-OH is 1. The van der Waals surface area contributed by atoms with Gasteiger partial charge in [-0.15, -0.1) is 0 Å². The highest BCUT2D eigenvalue weighted by Crippen LogP contribution is 2.37. The number of aliphatic hydroxyl groups is 1. The van der Waals surface area contributed by atoms with Gasteiger partial charge in [-0.05, 0) is 52.0 Å². The van der Waals surface area contributed by atoms with Crippen LogP contribution in [-0.2, 0) is 13.1 Å². The van der Waals surface area contributed by atoms with Gasteiger partial charge in [-0.1, -0.05) is 6.42 Å². The molecular weight excluding hydrogens is 250 g/mol. The third-order valence-corrected chi connectivity index (χ3v) is 5.31. The molecule has 3 rings (SSSR count). The average Bonchev–Trinajstić information content (AvgIpc) is 3.00. The molecule has 1 N–H and O–H groups in total. The molecule has 1 saturated heterocycles. The summed E-state index contributed by atoms with van der Waals surface area (Å²) in [6.45, 7) is 7.30. The average molecular weight is 277 g/mol. The third kappa shape index (κ3) is 2.51. The van der Waals surface area contributed by atoms with Gasteiger partial charge < -0.3 is 5.11 Å². The van der Waals surface area contributed by atoms with Crippen LogP contribution in [0, 0.1) is 19.8 Å². The van der Waals surface area contributed by atoms with Crippen molar-refractivity contribution in [2.45, 2.75) is 65.1 Å². The van der Waals surface area contributed by atoms with Gasteiger partial charge in [-0.3, -0.25) is 9.58 Å². The highest BCUT2D eigenvalue weighted by Gasteiger charge is 2.35. The van der Waals surface area contributed by atoms with Gasteiger partial charge >= 0.3 is 0 Å². The largest absolute Gasteiger partial charge is 0.394 e. The molecule has 0 radical (unpaired) electrons. The van der Waals surface area contributed by atoms with Gasteiger partial charge in [0, 0.05) is 23.8 Å². The molecule has 4 nitrogen and oxygen atoms in total. The lowest BCUT2D eigenvalue weighted by Crippen LogP contribution is -2.42. The summed E-state index contributed by atoms with van der Waals surface area (Å²) in [5.41, 5.74) is 3.75. The quantitative estimate of drug-likeness (QED) is 0.918. The second-order valence-corrected chi connectivity index (χ2v) is 6.47. The highest BCUT2D eigenvalue weighted by molar-refractivity contribution is 5.24. The molecule has 0 aromatic carbocycles. The Morgan fingerprint density at radius 3 is 2.80 bits per heavy atom. The molecule has 0 amide bonds. The molecule has 1 aromatic heterocycles. The molecule has 0 bridgehead atoms. The van der Waals surface area contributed by atoms with Gasteiger partial charge in [0.15, 0.2) is 0 Å². The van der Waals surface area contributed by atoms with Crippen molar-refractivity contribution < 1.29 is 5.11 Å². The van der Waals surface area contributed by atoms with Crippen molar-refractivity contribution in [1.29, 1.82) is 0 Å². The molecular formula is C16H27N3O. The van der Waals surface area contributed by atoms with Crippen LogP contribution < -0.4 is 0 Å². The van der Waals surface area contributed by atoms with E-state index in [2.05, 4.69) is 23.8 Å². The van der Waals surface area contributed by atoms with Gasteiger partial charge in [-0.2, -0.15) is 5.10 Å². The predicted octanol–water partition coefficient (Wildman–Crippen LogP) is 2.26. The number of hydrogen-bond acceptors (Lipinski definition) is 3. The Labute approximate surface area is 121 Å². The number of fused-ring (bicyclic) bond motifs is 1. The maximum atomic E-state index is 9.12. The van der Waals surface area contributed by atoms with E-state index in [0.717, 1.165) is 24.2 Å². The molecule has 2 unspecified atom stereocenters. The summed E-state index contributed by atoms with van der Waals surface area (Å²) in [7, 11) is 0. The van der Waals surface area contributed by atoms with Crippen LogP contribution in [0.25, 0.3) is 0 Å². The lowest BCUT2D eigenvalue weighted by Gasteiger charge is -2.37. The fraction of sp³-hybridized carbons (Fsp3) is 0.812. The van der Waals surface area contributed by atoms with Crippen molar-refractivity contribution in [1.82, 2.24) is 14.7 Å². The summed E-state index contributed by atoms with van der Waals surface area (Å²) in [5, 5.41) is 13.7. The van der Waals surface area contributed by atoms with Crippen LogP contribution in [-0.4, -0.2) is 39.0 Å². The Hall–Kier alpha value is -0.870. The Bertz CT molecular complexity index is 469. The fourth-order valence-corrected chi connectivity index (χ4v) is 4.23. The SMILES string of the molecule is Cc1nn(CCO)c(C)c1CN1CCCC2CCCC21. The summed E-state index contributed by atoms with van der Waals surface area (Å²) in [5.74, 6) is 0.942. The summed E-state index contributed by atoms with van der Waals surface area (Å²) in [6.07, 6.45) is 7.01. The Morgan fingerprint density at radius 2 is 2.00 bits per heavy atom. The normalized spacial score (nSPS) is 26.9. The number of aromatic nitrogens is 2. The van der Waals surface area contributed by atoms with E-state index in [9.17, 15) is 0 Å². The highest BCUT2D eigenvalue weighted by atomic mass is 16.3.